The van der Waals surface area contributed by atoms with Crippen LogP contribution in [0.5, 0.6) is 0 Å². The van der Waals surface area contributed by atoms with E-state index in [9.17, 15) is 4.79 Å². The molecule has 0 saturated heterocycles. The van der Waals surface area contributed by atoms with Crippen molar-refractivity contribution in [2.45, 2.75) is 37.6 Å². The smallest absolute Gasteiger partial charge is 0.404 e. The summed E-state index contributed by atoms with van der Waals surface area (Å²) in [6, 6.07) is 10.4. The Morgan fingerprint density at radius 2 is 1.94 bits per heavy atom. The topological polar surface area (TPSA) is 49.3 Å². The molecule has 0 aliphatic heterocycles. The van der Waals surface area contributed by atoms with Crippen LogP contribution in [-0.4, -0.2) is 17.2 Å². The largest absolute Gasteiger partial charge is 0.465 e. The molecule has 3 rings (SSSR count). The van der Waals surface area contributed by atoms with Gasteiger partial charge in [0.2, 0.25) is 0 Å². The first kappa shape index (κ1) is 10.6. The van der Waals surface area contributed by atoms with Crippen LogP contribution in [0.2, 0.25) is 0 Å². The van der Waals surface area contributed by atoms with Crippen LogP contribution < -0.4 is 5.32 Å². The van der Waals surface area contributed by atoms with Gasteiger partial charge in [-0.1, -0.05) is 30.3 Å². The number of hydrogen-bond donors (Lipinski definition) is 2. The molecule has 3 heteroatoms. The van der Waals surface area contributed by atoms with E-state index in [1.807, 2.05) is 18.2 Å². The second kappa shape index (κ2) is 3.76. The van der Waals surface area contributed by atoms with Gasteiger partial charge in [-0.25, -0.2) is 4.79 Å². The molecule has 2 atom stereocenters. The van der Waals surface area contributed by atoms with Crippen molar-refractivity contribution in [1.29, 1.82) is 0 Å². The van der Waals surface area contributed by atoms with Crippen LogP contribution in [0.15, 0.2) is 30.3 Å². The zero-order chi connectivity index (χ0) is 11.9. The van der Waals surface area contributed by atoms with E-state index in [4.69, 9.17) is 5.11 Å². The van der Waals surface area contributed by atoms with Crippen molar-refractivity contribution in [3.63, 3.8) is 0 Å². The second-order valence-electron chi connectivity index (χ2n) is 5.48. The van der Waals surface area contributed by atoms with Gasteiger partial charge in [0.1, 0.15) is 0 Å². The monoisotopic (exact) mass is 231 g/mol. The zero-order valence-corrected chi connectivity index (χ0v) is 9.73. The van der Waals surface area contributed by atoms with Gasteiger partial charge in [-0.05, 0) is 36.7 Å². The minimum atomic E-state index is -0.895. The van der Waals surface area contributed by atoms with Gasteiger partial charge >= 0.3 is 6.09 Å². The Morgan fingerprint density at radius 3 is 2.53 bits per heavy atom. The van der Waals surface area contributed by atoms with Crippen molar-refractivity contribution in [2.24, 2.45) is 5.41 Å². The van der Waals surface area contributed by atoms with Gasteiger partial charge in [0.25, 0.3) is 0 Å². The third kappa shape index (κ3) is 2.02. The van der Waals surface area contributed by atoms with Crippen LogP contribution in [0, 0.1) is 5.41 Å². The first-order chi connectivity index (χ1) is 8.19. The molecule has 0 heterocycles. The summed E-state index contributed by atoms with van der Waals surface area (Å²) in [5, 5.41) is 11.6. The molecule has 2 N–H and O–H groups in total. The number of nitrogens with one attached hydrogen (secondary N) is 1. The van der Waals surface area contributed by atoms with Crippen molar-refractivity contribution >= 4 is 6.09 Å². The maximum Gasteiger partial charge on any atom is 0.404 e. The van der Waals surface area contributed by atoms with Crippen LogP contribution in [-0.2, 0) is 0 Å². The van der Waals surface area contributed by atoms with E-state index in [0.29, 0.717) is 11.3 Å². The maximum atomic E-state index is 10.9. The van der Waals surface area contributed by atoms with Crippen LogP contribution in [0.1, 0.15) is 37.2 Å². The molecule has 90 valence electrons. The van der Waals surface area contributed by atoms with E-state index < -0.39 is 6.09 Å². The number of benzene rings is 1. The lowest BCUT2D eigenvalue weighted by Gasteiger charge is -2.19. The highest BCUT2D eigenvalue weighted by Crippen LogP contribution is 2.61. The first-order valence-electron chi connectivity index (χ1n) is 6.23. The Labute approximate surface area is 101 Å². The zero-order valence-electron chi connectivity index (χ0n) is 9.73. The third-order valence-corrected chi connectivity index (χ3v) is 4.29. The average Bonchev–Trinajstić information content (AvgIpc) is 2.96. The molecule has 1 aromatic carbocycles. The van der Waals surface area contributed by atoms with Gasteiger partial charge in [-0.2, -0.15) is 0 Å². The number of carboxylic acid groups (broad SMARTS) is 1. The van der Waals surface area contributed by atoms with Gasteiger partial charge in [0.05, 0.1) is 0 Å². The molecule has 1 spiro atoms. The summed E-state index contributed by atoms with van der Waals surface area (Å²) in [6.45, 7) is 0. The maximum absolute atomic E-state index is 10.9. The van der Waals surface area contributed by atoms with Crippen molar-refractivity contribution in [1.82, 2.24) is 5.32 Å². The molecule has 3 nitrogen and oxygen atoms in total. The lowest BCUT2D eigenvalue weighted by molar-refractivity contribution is 0.188. The first-order valence-corrected chi connectivity index (χ1v) is 6.23. The summed E-state index contributed by atoms with van der Waals surface area (Å²) in [7, 11) is 0. The summed E-state index contributed by atoms with van der Waals surface area (Å²) in [4.78, 5) is 10.9. The van der Waals surface area contributed by atoms with Gasteiger partial charge in [0, 0.05) is 12.0 Å². The minimum Gasteiger partial charge on any atom is -0.465 e. The molecule has 2 unspecified atom stereocenters. The Morgan fingerprint density at radius 1 is 1.24 bits per heavy atom. The normalized spacial score (nSPS) is 29.2. The van der Waals surface area contributed by atoms with Crippen LogP contribution in [0.4, 0.5) is 4.79 Å². The molecule has 0 radical (unpaired) electrons. The Kier molecular flexibility index (Phi) is 2.35. The van der Waals surface area contributed by atoms with Gasteiger partial charge < -0.3 is 10.4 Å². The van der Waals surface area contributed by atoms with Gasteiger partial charge in [-0.3, -0.25) is 0 Å². The van der Waals surface area contributed by atoms with Gasteiger partial charge in [0.15, 0.2) is 0 Å². The number of hydrogen-bond acceptors (Lipinski definition) is 1. The molecule has 0 bridgehead atoms. The second-order valence-corrected chi connectivity index (χ2v) is 5.48. The van der Waals surface area contributed by atoms with Crippen LogP contribution in [0.25, 0.3) is 0 Å². The predicted molar refractivity (Wildman–Crippen MR) is 65.0 cm³/mol. The molecule has 0 aromatic heterocycles. The number of amides is 1. The van der Waals surface area contributed by atoms with Gasteiger partial charge in [-0.15, -0.1) is 0 Å². The van der Waals surface area contributed by atoms with E-state index in [1.54, 1.807) is 0 Å². The lowest BCUT2D eigenvalue weighted by Crippen LogP contribution is -2.35. The van der Waals surface area contributed by atoms with E-state index in [0.717, 1.165) is 12.8 Å². The summed E-state index contributed by atoms with van der Waals surface area (Å²) >= 11 is 0. The van der Waals surface area contributed by atoms with Crippen molar-refractivity contribution in [3.05, 3.63) is 35.9 Å². The fraction of sp³-hybridized carbons (Fsp3) is 0.500. The summed E-state index contributed by atoms with van der Waals surface area (Å²) in [5.41, 5.74) is 1.73. The molecular formula is C14H17NO2. The van der Waals surface area contributed by atoms with Crippen molar-refractivity contribution < 1.29 is 9.90 Å². The highest BCUT2D eigenvalue weighted by molar-refractivity contribution is 5.65. The van der Waals surface area contributed by atoms with E-state index in [-0.39, 0.29) is 6.04 Å². The van der Waals surface area contributed by atoms with Crippen LogP contribution in [0.3, 0.4) is 0 Å². The molecule has 2 saturated carbocycles. The average molecular weight is 231 g/mol. The van der Waals surface area contributed by atoms with E-state index in [1.165, 1.54) is 18.4 Å². The molecule has 1 aromatic rings. The Balaban J connectivity index is 1.83. The summed E-state index contributed by atoms with van der Waals surface area (Å²) in [5.74, 6) is 0.356. The Bertz CT molecular complexity index is 425. The molecule has 17 heavy (non-hydrogen) atoms. The Hall–Kier alpha value is -1.51. The molecular weight excluding hydrogens is 214 g/mol. The SMILES string of the molecule is O=C(O)NC1CC2(CC2)CC1c1ccccc1. The lowest BCUT2D eigenvalue weighted by atomic mass is 9.93. The fourth-order valence-electron chi connectivity index (χ4n) is 3.25. The highest BCUT2D eigenvalue weighted by atomic mass is 16.4. The summed E-state index contributed by atoms with van der Waals surface area (Å²) in [6.07, 6.45) is 3.80. The van der Waals surface area contributed by atoms with E-state index in [2.05, 4.69) is 17.4 Å². The van der Waals surface area contributed by atoms with Crippen molar-refractivity contribution in [3.8, 4) is 0 Å². The predicted octanol–water partition coefficient (Wildman–Crippen LogP) is 2.98. The third-order valence-electron chi connectivity index (χ3n) is 4.29. The van der Waals surface area contributed by atoms with E-state index >= 15 is 0 Å². The number of rotatable bonds is 2. The fourth-order valence-corrected chi connectivity index (χ4v) is 3.25. The number of carbonyl (C=O) groups is 1. The molecule has 2 aliphatic carbocycles. The standard InChI is InChI=1S/C14H17NO2/c16-13(17)15-12-9-14(6-7-14)8-11(12)10-4-2-1-3-5-10/h1-5,11-12,15H,6-9H2,(H,16,17). The summed E-state index contributed by atoms with van der Waals surface area (Å²) < 4.78 is 0. The highest BCUT2D eigenvalue weighted by Gasteiger charge is 2.53. The molecule has 2 aliphatic rings. The quantitative estimate of drug-likeness (QED) is 0.822. The molecule has 1 amide bonds. The van der Waals surface area contributed by atoms with Crippen molar-refractivity contribution in [2.75, 3.05) is 0 Å². The van der Waals surface area contributed by atoms with Crippen LogP contribution >= 0.6 is 0 Å². The molecule has 2 fully saturated rings. The minimum absolute atomic E-state index is 0.0948.